The summed E-state index contributed by atoms with van der Waals surface area (Å²) in [4.78, 5) is 15.3. The molecular formula is C24H31N3O4S. The number of hydrogen-bond donors (Lipinski definition) is 1. The van der Waals surface area contributed by atoms with Crippen molar-refractivity contribution in [1.82, 2.24) is 14.5 Å². The van der Waals surface area contributed by atoms with Crippen molar-refractivity contribution in [3.63, 3.8) is 0 Å². The fourth-order valence-corrected chi connectivity index (χ4v) is 5.70. The quantitative estimate of drug-likeness (QED) is 0.690. The summed E-state index contributed by atoms with van der Waals surface area (Å²) in [6, 6.07) is 16.8. The zero-order valence-corrected chi connectivity index (χ0v) is 19.1. The summed E-state index contributed by atoms with van der Waals surface area (Å²) < 4.78 is 32.4. The number of benzene rings is 2. The standard InChI is InChI=1S/C24H31N3O4S/c28-24(22-10-12-27(13-11-22)32(29,30)23-4-2-1-3-5-23)25-18-20-6-8-21(9-7-20)19-26-14-16-31-17-15-26/h1-9,22H,10-19H2,(H,25,28). The Morgan fingerprint density at radius 3 is 2.19 bits per heavy atom. The molecule has 32 heavy (non-hydrogen) atoms. The zero-order valence-electron chi connectivity index (χ0n) is 18.3. The van der Waals surface area contributed by atoms with Crippen molar-refractivity contribution < 1.29 is 17.9 Å². The number of nitrogens with zero attached hydrogens (tertiary/aromatic N) is 2. The summed E-state index contributed by atoms with van der Waals surface area (Å²) in [7, 11) is -3.49. The molecule has 2 aliphatic rings. The van der Waals surface area contributed by atoms with E-state index in [1.165, 1.54) is 9.87 Å². The van der Waals surface area contributed by atoms with Crippen molar-refractivity contribution >= 4 is 15.9 Å². The molecule has 0 spiro atoms. The Hall–Kier alpha value is -2.26. The molecule has 0 aromatic heterocycles. The maximum atomic E-state index is 12.7. The van der Waals surface area contributed by atoms with Crippen molar-refractivity contribution in [2.75, 3.05) is 39.4 Å². The third-order valence-electron chi connectivity index (χ3n) is 6.21. The Kier molecular flexibility index (Phi) is 7.57. The average Bonchev–Trinajstić information content (AvgIpc) is 2.85. The molecule has 2 saturated heterocycles. The topological polar surface area (TPSA) is 79.0 Å². The van der Waals surface area contributed by atoms with Crippen LogP contribution >= 0.6 is 0 Å². The van der Waals surface area contributed by atoms with Gasteiger partial charge in [0.15, 0.2) is 0 Å². The van der Waals surface area contributed by atoms with Crippen LogP contribution in [0.2, 0.25) is 0 Å². The first-order chi connectivity index (χ1) is 15.5. The molecule has 8 heteroatoms. The number of carbonyl (C=O) groups is 1. The van der Waals surface area contributed by atoms with E-state index < -0.39 is 10.0 Å². The normalized spacial score (nSPS) is 19.0. The maximum absolute atomic E-state index is 12.7. The number of morpholine rings is 1. The van der Waals surface area contributed by atoms with Gasteiger partial charge in [-0.05, 0) is 36.1 Å². The molecule has 7 nitrogen and oxygen atoms in total. The highest BCUT2D eigenvalue weighted by molar-refractivity contribution is 7.89. The van der Waals surface area contributed by atoms with Gasteiger partial charge in [-0.1, -0.05) is 42.5 Å². The first-order valence-corrected chi connectivity index (χ1v) is 12.7. The molecular weight excluding hydrogens is 426 g/mol. The van der Waals surface area contributed by atoms with E-state index in [-0.39, 0.29) is 11.8 Å². The van der Waals surface area contributed by atoms with Crippen LogP contribution in [0.3, 0.4) is 0 Å². The van der Waals surface area contributed by atoms with Crippen molar-refractivity contribution in [2.24, 2.45) is 5.92 Å². The molecule has 2 fully saturated rings. The number of nitrogens with one attached hydrogen (secondary N) is 1. The van der Waals surface area contributed by atoms with Crippen LogP contribution in [0.4, 0.5) is 0 Å². The van der Waals surface area contributed by atoms with Crippen molar-refractivity contribution in [2.45, 2.75) is 30.8 Å². The van der Waals surface area contributed by atoms with E-state index in [4.69, 9.17) is 4.74 Å². The Balaban J connectivity index is 1.23. The van der Waals surface area contributed by atoms with E-state index in [1.54, 1.807) is 30.3 Å². The molecule has 0 aliphatic carbocycles. The van der Waals surface area contributed by atoms with Crippen molar-refractivity contribution in [1.29, 1.82) is 0 Å². The largest absolute Gasteiger partial charge is 0.379 e. The molecule has 0 radical (unpaired) electrons. The van der Waals surface area contributed by atoms with Gasteiger partial charge in [-0.3, -0.25) is 9.69 Å². The number of piperidine rings is 1. The molecule has 2 aliphatic heterocycles. The fourth-order valence-electron chi connectivity index (χ4n) is 4.21. The van der Waals surface area contributed by atoms with Crippen molar-refractivity contribution in [3.05, 3.63) is 65.7 Å². The van der Waals surface area contributed by atoms with E-state index in [1.807, 2.05) is 0 Å². The van der Waals surface area contributed by atoms with Crippen LogP contribution in [-0.2, 0) is 32.6 Å². The maximum Gasteiger partial charge on any atom is 0.243 e. The van der Waals surface area contributed by atoms with Gasteiger partial charge in [-0.2, -0.15) is 4.31 Å². The summed E-state index contributed by atoms with van der Waals surface area (Å²) in [5.41, 5.74) is 2.32. The zero-order chi connectivity index (χ0) is 22.4. The third kappa shape index (κ3) is 5.75. The molecule has 0 atom stereocenters. The van der Waals surface area contributed by atoms with Gasteiger partial charge in [0.1, 0.15) is 0 Å². The van der Waals surface area contributed by atoms with E-state index in [0.29, 0.717) is 37.4 Å². The van der Waals surface area contributed by atoms with Crippen LogP contribution in [-0.4, -0.2) is 62.9 Å². The van der Waals surface area contributed by atoms with Crippen LogP contribution in [0.5, 0.6) is 0 Å². The lowest BCUT2D eigenvalue weighted by Crippen LogP contribution is -2.42. The smallest absolute Gasteiger partial charge is 0.243 e. The van der Waals surface area contributed by atoms with E-state index in [2.05, 4.69) is 34.5 Å². The second kappa shape index (κ2) is 10.6. The number of carbonyl (C=O) groups excluding carboxylic acids is 1. The number of amides is 1. The summed E-state index contributed by atoms with van der Waals surface area (Å²) >= 11 is 0. The van der Waals surface area contributed by atoms with Gasteiger partial charge < -0.3 is 10.1 Å². The molecule has 2 aromatic carbocycles. The SMILES string of the molecule is O=C(NCc1ccc(CN2CCOCC2)cc1)C1CCN(S(=O)(=O)c2ccccc2)CC1. The highest BCUT2D eigenvalue weighted by atomic mass is 32.2. The first kappa shape index (κ1) is 22.9. The fraction of sp³-hybridized carbons (Fsp3) is 0.458. The van der Waals surface area contributed by atoms with Gasteiger partial charge in [0.25, 0.3) is 0 Å². The molecule has 2 aromatic rings. The summed E-state index contributed by atoms with van der Waals surface area (Å²) in [5.74, 6) is -0.156. The first-order valence-electron chi connectivity index (χ1n) is 11.2. The Bertz CT molecular complexity index is 982. The van der Waals surface area contributed by atoms with Crippen LogP contribution in [0, 0.1) is 5.92 Å². The van der Waals surface area contributed by atoms with E-state index in [9.17, 15) is 13.2 Å². The number of rotatable bonds is 7. The van der Waals surface area contributed by atoms with Gasteiger partial charge in [-0.15, -0.1) is 0 Å². The molecule has 0 unspecified atom stereocenters. The second-order valence-electron chi connectivity index (χ2n) is 8.41. The van der Waals surface area contributed by atoms with E-state index in [0.717, 1.165) is 38.4 Å². The molecule has 1 N–H and O–H groups in total. The molecule has 1 amide bonds. The lowest BCUT2D eigenvalue weighted by molar-refractivity contribution is -0.126. The minimum Gasteiger partial charge on any atom is -0.379 e. The van der Waals surface area contributed by atoms with Gasteiger partial charge in [0.2, 0.25) is 15.9 Å². The van der Waals surface area contributed by atoms with Gasteiger partial charge >= 0.3 is 0 Å². The monoisotopic (exact) mass is 457 g/mol. The summed E-state index contributed by atoms with van der Waals surface area (Å²) in [6.45, 7) is 5.64. The number of sulfonamides is 1. The van der Waals surface area contributed by atoms with Gasteiger partial charge in [0, 0.05) is 45.2 Å². The van der Waals surface area contributed by atoms with Crippen LogP contribution in [0.25, 0.3) is 0 Å². The molecule has 2 heterocycles. The summed E-state index contributed by atoms with van der Waals surface area (Å²) in [6.07, 6.45) is 1.08. The minimum atomic E-state index is -3.49. The second-order valence-corrected chi connectivity index (χ2v) is 10.4. The number of ether oxygens (including phenoxy) is 1. The lowest BCUT2D eigenvalue weighted by atomic mass is 9.97. The highest BCUT2D eigenvalue weighted by Gasteiger charge is 2.31. The summed E-state index contributed by atoms with van der Waals surface area (Å²) in [5, 5.41) is 3.02. The highest BCUT2D eigenvalue weighted by Crippen LogP contribution is 2.24. The molecule has 4 rings (SSSR count). The van der Waals surface area contributed by atoms with Crippen LogP contribution < -0.4 is 5.32 Å². The van der Waals surface area contributed by atoms with Crippen LogP contribution in [0.1, 0.15) is 24.0 Å². The van der Waals surface area contributed by atoms with Gasteiger partial charge in [0.05, 0.1) is 18.1 Å². The van der Waals surface area contributed by atoms with E-state index >= 15 is 0 Å². The van der Waals surface area contributed by atoms with Gasteiger partial charge in [-0.25, -0.2) is 8.42 Å². The predicted molar refractivity (Wildman–Crippen MR) is 122 cm³/mol. The predicted octanol–water partition coefficient (Wildman–Crippen LogP) is 2.24. The van der Waals surface area contributed by atoms with Crippen LogP contribution in [0.15, 0.2) is 59.5 Å². The third-order valence-corrected chi connectivity index (χ3v) is 8.12. The minimum absolute atomic E-state index is 0.000785. The molecule has 0 saturated carbocycles. The Morgan fingerprint density at radius 2 is 1.53 bits per heavy atom. The van der Waals surface area contributed by atoms with Crippen molar-refractivity contribution in [3.8, 4) is 0 Å². The Morgan fingerprint density at radius 1 is 0.906 bits per heavy atom. The average molecular weight is 458 g/mol. The molecule has 0 bridgehead atoms. The molecule has 172 valence electrons. The number of hydrogen-bond acceptors (Lipinski definition) is 5. The lowest BCUT2D eigenvalue weighted by Gasteiger charge is -2.30. The Labute approximate surface area is 190 Å².